The summed E-state index contributed by atoms with van der Waals surface area (Å²) in [5.74, 6) is -1.30. The fourth-order valence-electron chi connectivity index (χ4n) is 3.50. The van der Waals surface area contributed by atoms with Crippen LogP contribution < -0.4 is 10.1 Å². The van der Waals surface area contributed by atoms with Crippen LogP contribution in [0.1, 0.15) is 41.6 Å². The third-order valence-electron chi connectivity index (χ3n) is 5.19. The van der Waals surface area contributed by atoms with Crippen molar-refractivity contribution in [2.45, 2.75) is 30.6 Å². The predicted molar refractivity (Wildman–Crippen MR) is 120 cm³/mol. The van der Waals surface area contributed by atoms with E-state index in [-0.39, 0.29) is 16.2 Å². The number of benzene rings is 2. The number of ether oxygens (including phenoxy) is 2. The molecule has 1 heterocycles. The molecule has 1 saturated heterocycles. The summed E-state index contributed by atoms with van der Waals surface area (Å²) in [4.78, 5) is 24.5. The van der Waals surface area contributed by atoms with Gasteiger partial charge in [-0.05, 0) is 49.2 Å². The fraction of sp³-hybridized carbons (Fsp3) is 0.348. The summed E-state index contributed by atoms with van der Waals surface area (Å²) in [6.07, 6.45) is 3.49. The SMILES string of the molecule is COc1ccc(C(=O)OCC(=O)Nc2cccc(C#N)c2)cc1S(=O)(=O)N1CCCCCC1. The maximum atomic E-state index is 13.2. The molecule has 2 aromatic rings. The van der Waals surface area contributed by atoms with Gasteiger partial charge in [0.15, 0.2) is 6.61 Å². The first-order valence-corrected chi connectivity index (χ1v) is 11.9. The van der Waals surface area contributed by atoms with Crippen LogP contribution in [0.5, 0.6) is 5.75 Å². The highest BCUT2D eigenvalue weighted by Crippen LogP contribution is 2.29. The van der Waals surface area contributed by atoms with Crippen molar-refractivity contribution in [2.75, 3.05) is 32.1 Å². The second-order valence-corrected chi connectivity index (χ2v) is 9.41. The van der Waals surface area contributed by atoms with Crippen molar-refractivity contribution in [1.29, 1.82) is 5.26 Å². The van der Waals surface area contributed by atoms with Gasteiger partial charge in [-0.2, -0.15) is 9.57 Å². The number of amides is 1. The molecule has 1 amide bonds. The van der Waals surface area contributed by atoms with Crippen LogP contribution in [-0.2, 0) is 19.6 Å². The lowest BCUT2D eigenvalue weighted by molar-refractivity contribution is -0.119. The Balaban J connectivity index is 1.71. The van der Waals surface area contributed by atoms with Crippen molar-refractivity contribution in [3.8, 4) is 11.8 Å². The van der Waals surface area contributed by atoms with Gasteiger partial charge in [-0.3, -0.25) is 4.79 Å². The summed E-state index contributed by atoms with van der Waals surface area (Å²) < 4.78 is 38.1. The number of hydrogen-bond acceptors (Lipinski definition) is 7. The summed E-state index contributed by atoms with van der Waals surface area (Å²) in [6, 6.07) is 12.3. The topological polar surface area (TPSA) is 126 Å². The summed E-state index contributed by atoms with van der Waals surface area (Å²) in [5.41, 5.74) is 0.759. The molecule has 33 heavy (non-hydrogen) atoms. The van der Waals surface area contributed by atoms with Gasteiger partial charge >= 0.3 is 5.97 Å². The van der Waals surface area contributed by atoms with Crippen LogP contribution in [0.2, 0.25) is 0 Å². The van der Waals surface area contributed by atoms with Crippen LogP contribution in [0.15, 0.2) is 47.4 Å². The highest BCUT2D eigenvalue weighted by molar-refractivity contribution is 7.89. The molecule has 3 rings (SSSR count). The van der Waals surface area contributed by atoms with E-state index >= 15 is 0 Å². The van der Waals surface area contributed by atoms with Gasteiger partial charge in [0.05, 0.1) is 24.3 Å². The highest BCUT2D eigenvalue weighted by Gasteiger charge is 2.29. The minimum atomic E-state index is -3.87. The van der Waals surface area contributed by atoms with Crippen LogP contribution in [0.3, 0.4) is 0 Å². The molecule has 1 N–H and O–H groups in total. The number of sulfonamides is 1. The average Bonchev–Trinajstić information content (AvgIpc) is 3.12. The third kappa shape index (κ3) is 6.09. The number of hydrogen-bond donors (Lipinski definition) is 1. The Morgan fingerprint density at radius 1 is 1.09 bits per heavy atom. The summed E-state index contributed by atoms with van der Waals surface area (Å²) in [5, 5.41) is 11.5. The van der Waals surface area contributed by atoms with Gasteiger partial charge in [-0.1, -0.05) is 18.9 Å². The van der Waals surface area contributed by atoms with E-state index in [1.54, 1.807) is 18.2 Å². The highest BCUT2D eigenvalue weighted by atomic mass is 32.2. The lowest BCUT2D eigenvalue weighted by atomic mass is 10.2. The molecule has 174 valence electrons. The van der Waals surface area contributed by atoms with E-state index in [9.17, 15) is 18.0 Å². The standard InChI is InChI=1S/C23H25N3O6S/c1-31-20-10-9-18(14-21(20)33(29,30)26-11-4-2-3-5-12-26)23(28)32-16-22(27)25-19-8-6-7-17(13-19)15-24/h6-10,13-14H,2-5,11-12,16H2,1H3,(H,25,27). The van der Waals surface area contributed by atoms with Crippen LogP contribution in [-0.4, -0.2) is 51.4 Å². The number of nitriles is 1. The normalized spacial score (nSPS) is 14.5. The largest absolute Gasteiger partial charge is 0.495 e. The number of anilines is 1. The quantitative estimate of drug-likeness (QED) is 0.615. The summed E-state index contributed by atoms with van der Waals surface area (Å²) in [7, 11) is -2.51. The van der Waals surface area contributed by atoms with E-state index in [0.29, 0.717) is 24.3 Å². The van der Waals surface area contributed by atoms with Gasteiger partial charge in [0.25, 0.3) is 5.91 Å². The molecule has 1 aliphatic heterocycles. The van der Waals surface area contributed by atoms with Gasteiger partial charge in [-0.25, -0.2) is 13.2 Å². The van der Waals surface area contributed by atoms with Crippen LogP contribution in [0, 0.1) is 11.3 Å². The van der Waals surface area contributed by atoms with Crippen LogP contribution in [0.4, 0.5) is 5.69 Å². The van der Waals surface area contributed by atoms with E-state index in [1.165, 1.54) is 35.7 Å². The summed E-state index contributed by atoms with van der Waals surface area (Å²) >= 11 is 0. The van der Waals surface area contributed by atoms with E-state index in [4.69, 9.17) is 14.7 Å². The Hall–Kier alpha value is -3.42. The third-order valence-corrected chi connectivity index (χ3v) is 7.11. The van der Waals surface area contributed by atoms with Gasteiger partial charge in [0.1, 0.15) is 10.6 Å². The van der Waals surface area contributed by atoms with Crippen molar-refractivity contribution in [3.05, 3.63) is 53.6 Å². The number of nitrogens with zero attached hydrogens (tertiary/aromatic N) is 2. The number of nitrogens with one attached hydrogen (secondary N) is 1. The molecule has 1 fully saturated rings. The number of methoxy groups -OCH3 is 1. The molecule has 2 aromatic carbocycles. The van der Waals surface area contributed by atoms with Crippen LogP contribution >= 0.6 is 0 Å². The molecule has 0 aliphatic carbocycles. The second-order valence-electron chi connectivity index (χ2n) is 7.50. The molecule has 0 bridgehead atoms. The number of carbonyl (C=O) groups excluding carboxylic acids is 2. The Kier molecular flexibility index (Phi) is 8.03. The van der Waals surface area contributed by atoms with Gasteiger partial charge in [0, 0.05) is 18.8 Å². The average molecular weight is 472 g/mol. The zero-order valence-electron chi connectivity index (χ0n) is 18.2. The van der Waals surface area contributed by atoms with Crippen molar-refractivity contribution < 1.29 is 27.5 Å². The lowest BCUT2D eigenvalue weighted by Crippen LogP contribution is -2.32. The molecule has 0 aromatic heterocycles. The van der Waals surface area contributed by atoms with E-state index in [1.807, 2.05) is 6.07 Å². The molecule has 0 spiro atoms. The Bertz CT molecular complexity index is 1160. The van der Waals surface area contributed by atoms with Gasteiger partial charge in [0.2, 0.25) is 10.0 Å². The van der Waals surface area contributed by atoms with Crippen molar-refractivity contribution in [3.63, 3.8) is 0 Å². The Morgan fingerprint density at radius 3 is 2.48 bits per heavy atom. The lowest BCUT2D eigenvalue weighted by Gasteiger charge is -2.21. The number of carbonyl (C=O) groups is 2. The first kappa shape index (κ1) is 24.2. The zero-order valence-corrected chi connectivity index (χ0v) is 19.1. The van der Waals surface area contributed by atoms with E-state index in [2.05, 4.69) is 5.32 Å². The minimum Gasteiger partial charge on any atom is -0.495 e. The minimum absolute atomic E-state index is 0.0107. The van der Waals surface area contributed by atoms with Crippen molar-refractivity contribution >= 4 is 27.6 Å². The maximum Gasteiger partial charge on any atom is 0.338 e. The molecule has 0 atom stereocenters. The second kappa shape index (κ2) is 10.9. The first-order chi connectivity index (χ1) is 15.8. The Morgan fingerprint density at radius 2 is 1.82 bits per heavy atom. The predicted octanol–water partition coefficient (Wildman–Crippen LogP) is 2.93. The van der Waals surface area contributed by atoms with Crippen molar-refractivity contribution in [2.24, 2.45) is 0 Å². The number of esters is 1. The first-order valence-electron chi connectivity index (χ1n) is 10.5. The molecule has 1 aliphatic rings. The maximum absolute atomic E-state index is 13.2. The monoisotopic (exact) mass is 471 g/mol. The van der Waals surface area contributed by atoms with Gasteiger partial charge < -0.3 is 14.8 Å². The molecule has 0 saturated carbocycles. The smallest absolute Gasteiger partial charge is 0.338 e. The molecular formula is C23H25N3O6S. The zero-order chi connectivity index (χ0) is 23.8. The van der Waals surface area contributed by atoms with E-state index in [0.717, 1.165) is 25.7 Å². The number of rotatable bonds is 7. The molecule has 0 unspecified atom stereocenters. The molecule has 10 heteroatoms. The summed E-state index contributed by atoms with van der Waals surface area (Å²) in [6.45, 7) is 0.247. The fourth-order valence-corrected chi connectivity index (χ4v) is 5.20. The van der Waals surface area contributed by atoms with Crippen LogP contribution in [0.25, 0.3) is 0 Å². The molecule has 9 nitrogen and oxygen atoms in total. The molecule has 0 radical (unpaired) electrons. The van der Waals surface area contributed by atoms with Crippen molar-refractivity contribution in [1.82, 2.24) is 4.31 Å². The van der Waals surface area contributed by atoms with Gasteiger partial charge in [-0.15, -0.1) is 0 Å². The Labute approximate surface area is 193 Å². The van der Waals surface area contributed by atoms with E-state index < -0.39 is 28.5 Å². The molecular weight excluding hydrogens is 446 g/mol.